The number of benzene rings is 2. The average molecular weight is 458 g/mol. The number of hydrogen-bond donors (Lipinski definition) is 0. The number of amides is 1. The van der Waals surface area contributed by atoms with Gasteiger partial charge in [0, 0.05) is 59.7 Å². The molecule has 0 aliphatic carbocycles. The lowest BCUT2D eigenvalue weighted by atomic mass is 10.1. The fraction of sp³-hybridized carbons (Fsp3) is 0.370. The van der Waals surface area contributed by atoms with Crippen LogP contribution in [-0.4, -0.2) is 68.3 Å². The van der Waals surface area contributed by atoms with Crippen molar-refractivity contribution >= 4 is 23.1 Å². The smallest absolute Gasteiger partial charge is 0.223 e. The van der Waals surface area contributed by atoms with E-state index in [2.05, 4.69) is 35.2 Å². The second-order valence-electron chi connectivity index (χ2n) is 8.80. The van der Waals surface area contributed by atoms with Crippen molar-refractivity contribution in [2.45, 2.75) is 19.3 Å². The summed E-state index contributed by atoms with van der Waals surface area (Å²) in [5.74, 6) is 0.252. The van der Waals surface area contributed by atoms with Gasteiger partial charge in [-0.05, 0) is 24.1 Å². The van der Waals surface area contributed by atoms with Crippen LogP contribution in [0, 0.1) is 11.3 Å². The Labute approximate surface area is 201 Å². The third kappa shape index (κ3) is 4.97. The molecule has 0 saturated carbocycles. The number of carbonyl (C=O) groups is 2. The molecule has 7 nitrogen and oxygen atoms in total. The lowest BCUT2D eigenvalue weighted by Crippen LogP contribution is -2.49. The lowest BCUT2D eigenvalue weighted by molar-refractivity contribution is -0.134. The van der Waals surface area contributed by atoms with Crippen LogP contribution in [0.3, 0.4) is 0 Å². The summed E-state index contributed by atoms with van der Waals surface area (Å²) in [6, 6.07) is 20.3. The molecule has 0 N–H and O–H groups in total. The largest absolute Gasteiger partial charge is 0.340 e. The number of hydrogen-bond acceptors (Lipinski definition) is 6. The molecular formula is C27H31N5O2. The summed E-state index contributed by atoms with van der Waals surface area (Å²) < 4.78 is 0. The van der Waals surface area contributed by atoms with Gasteiger partial charge >= 0.3 is 0 Å². The molecule has 0 unspecified atom stereocenters. The molecule has 1 amide bonds. The second kappa shape index (κ2) is 10.5. The van der Waals surface area contributed by atoms with E-state index >= 15 is 0 Å². The van der Waals surface area contributed by atoms with Gasteiger partial charge < -0.3 is 14.7 Å². The summed E-state index contributed by atoms with van der Waals surface area (Å²) in [6.07, 6.45) is 1.17. The number of ketones is 1. The Bertz CT molecular complexity index is 1080. The Kier molecular flexibility index (Phi) is 7.29. The first kappa shape index (κ1) is 23.5. The number of Topliss-reactive ketones (excluding diaryl/α,β-unsaturated/α-hetero) is 1. The van der Waals surface area contributed by atoms with Gasteiger partial charge in [-0.25, -0.2) is 0 Å². The fourth-order valence-corrected chi connectivity index (χ4v) is 4.71. The van der Waals surface area contributed by atoms with Crippen molar-refractivity contribution in [3.8, 4) is 6.07 Å². The van der Waals surface area contributed by atoms with Crippen LogP contribution in [0.4, 0.5) is 11.4 Å². The summed E-state index contributed by atoms with van der Waals surface area (Å²) >= 11 is 0. The summed E-state index contributed by atoms with van der Waals surface area (Å²) in [5.41, 5.74) is 3.31. The van der Waals surface area contributed by atoms with Gasteiger partial charge in [-0.2, -0.15) is 5.26 Å². The maximum absolute atomic E-state index is 12.9. The van der Waals surface area contributed by atoms with Crippen molar-refractivity contribution in [2.24, 2.45) is 0 Å². The monoisotopic (exact) mass is 457 g/mol. The molecule has 2 heterocycles. The van der Waals surface area contributed by atoms with Gasteiger partial charge in [-0.3, -0.25) is 14.5 Å². The molecule has 2 aliphatic rings. The Morgan fingerprint density at radius 3 is 2.03 bits per heavy atom. The molecule has 4 rings (SSSR count). The molecule has 0 bridgehead atoms. The minimum Gasteiger partial charge on any atom is -0.340 e. The third-order valence-electron chi connectivity index (χ3n) is 6.70. The highest BCUT2D eigenvalue weighted by atomic mass is 16.2. The molecule has 2 aromatic carbocycles. The highest BCUT2D eigenvalue weighted by molar-refractivity contribution is 6.03. The molecule has 34 heavy (non-hydrogen) atoms. The number of rotatable bonds is 7. The van der Waals surface area contributed by atoms with Crippen LogP contribution in [0.1, 0.15) is 18.4 Å². The molecule has 2 aliphatic heterocycles. The molecule has 1 fully saturated rings. The summed E-state index contributed by atoms with van der Waals surface area (Å²) in [7, 11) is 3.70. The number of nitrogens with zero attached hydrogens (tertiary/aromatic N) is 5. The number of fused-ring (bicyclic) bond motifs is 1. The van der Waals surface area contributed by atoms with E-state index < -0.39 is 0 Å². The standard InChI is InChI=1S/C27H31N5O2/c1-29-23-10-6-7-11-24(23)30(2)27(29)22(20-28)25(33)12-13-26(34)32-18-16-31(17-19-32)15-14-21-8-4-3-5-9-21/h3-11H,12-19H2,1-2H3. The predicted molar refractivity (Wildman–Crippen MR) is 133 cm³/mol. The number of allylic oxidation sites excluding steroid dienone is 1. The van der Waals surface area contributed by atoms with E-state index in [9.17, 15) is 14.9 Å². The molecular weight excluding hydrogens is 426 g/mol. The van der Waals surface area contributed by atoms with Crippen LogP contribution in [-0.2, 0) is 16.0 Å². The van der Waals surface area contributed by atoms with Gasteiger partial charge in [0.1, 0.15) is 17.5 Å². The maximum atomic E-state index is 12.9. The van der Waals surface area contributed by atoms with Crippen LogP contribution in [0.15, 0.2) is 66.0 Å². The number of anilines is 2. The molecule has 1 saturated heterocycles. The molecule has 0 radical (unpaired) electrons. The normalized spacial score (nSPS) is 15.8. The minimum atomic E-state index is -0.293. The van der Waals surface area contributed by atoms with Gasteiger partial charge in [-0.15, -0.1) is 0 Å². The van der Waals surface area contributed by atoms with E-state index in [1.807, 2.05) is 59.1 Å². The highest BCUT2D eigenvalue weighted by Crippen LogP contribution is 2.40. The lowest BCUT2D eigenvalue weighted by Gasteiger charge is -2.34. The van der Waals surface area contributed by atoms with Crippen LogP contribution < -0.4 is 9.80 Å². The van der Waals surface area contributed by atoms with Crippen molar-refractivity contribution in [1.29, 1.82) is 5.26 Å². The molecule has 0 spiro atoms. The topological polar surface area (TPSA) is 70.9 Å². The number of carbonyl (C=O) groups excluding carboxylic acids is 2. The zero-order valence-corrected chi connectivity index (χ0v) is 19.9. The van der Waals surface area contributed by atoms with Crippen molar-refractivity contribution in [3.05, 3.63) is 71.6 Å². The summed E-state index contributed by atoms with van der Waals surface area (Å²) in [4.78, 5) is 33.7. The van der Waals surface area contributed by atoms with Crippen LogP contribution in [0.2, 0.25) is 0 Å². The van der Waals surface area contributed by atoms with Gasteiger partial charge in [-0.1, -0.05) is 42.5 Å². The first-order valence-corrected chi connectivity index (χ1v) is 11.8. The van der Waals surface area contributed by atoms with Gasteiger partial charge in [0.2, 0.25) is 5.91 Å². The first-order chi connectivity index (χ1) is 16.5. The molecule has 2 aromatic rings. The van der Waals surface area contributed by atoms with E-state index in [4.69, 9.17) is 0 Å². The average Bonchev–Trinajstić information content (AvgIpc) is 3.13. The van der Waals surface area contributed by atoms with E-state index in [1.54, 1.807) is 0 Å². The van der Waals surface area contributed by atoms with Crippen molar-refractivity contribution in [1.82, 2.24) is 9.80 Å². The number of para-hydroxylation sites is 2. The van der Waals surface area contributed by atoms with Gasteiger partial charge in [0.05, 0.1) is 11.4 Å². The minimum absolute atomic E-state index is 0.0187. The molecule has 7 heteroatoms. The van der Waals surface area contributed by atoms with Crippen molar-refractivity contribution in [3.63, 3.8) is 0 Å². The second-order valence-corrected chi connectivity index (χ2v) is 8.80. The van der Waals surface area contributed by atoms with Crippen molar-refractivity contribution < 1.29 is 9.59 Å². The van der Waals surface area contributed by atoms with Crippen LogP contribution in [0.5, 0.6) is 0 Å². The Morgan fingerprint density at radius 2 is 1.44 bits per heavy atom. The SMILES string of the molecule is CN1C(=C(C#N)C(=O)CCC(=O)N2CCN(CCc3ccccc3)CC2)N(C)c2ccccc21. The maximum Gasteiger partial charge on any atom is 0.223 e. The quantitative estimate of drug-likeness (QED) is 0.470. The number of nitriles is 1. The number of piperazine rings is 1. The van der Waals surface area contributed by atoms with Crippen molar-refractivity contribution in [2.75, 3.05) is 56.6 Å². The van der Waals surface area contributed by atoms with E-state index in [0.717, 1.165) is 37.4 Å². The Morgan fingerprint density at radius 1 is 0.853 bits per heavy atom. The van der Waals surface area contributed by atoms with Gasteiger partial charge in [0.25, 0.3) is 0 Å². The first-order valence-electron chi connectivity index (χ1n) is 11.8. The zero-order valence-electron chi connectivity index (χ0n) is 19.9. The Balaban J connectivity index is 1.29. The zero-order chi connectivity index (χ0) is 24.1. The summed E-state index contributed by atoms with van der Waals surface area (Å²) in [5, 5.41) is 9.76. The van der Waals surface area contributed by atoms with E-state index in [0.29, 0.717) is 18.9 Å². The molecule has 0 atom stereocenters. The molecule has 176 valence electrons. The van der Waals surface area contributed by atoms with E-state index in [-0.39, 0.29) is 30.1 Å². The fourth-order valence-electron chi connectivity index (χ4n) is 4.71. The molecule has 0 aromatic heterocycles. The summed E-state index contributed by atoms with van der Waals surface area (Å²) in [6.45, 7) is 4.01. The van der Waals surface area contributed by atoms with Gasteiger partial charge in [0.15, 0.2) is 5.78 Å². The van der Waals surface area contributed by atoms with Crippen LogP contribution in [0.25, 0.3) is 0 Å². The third-order valence-corrected chi connectivity index (χ3v) is 6.70. The van der Waals surface area contributed by atoms with Crippen LogP contribution >= 0.6 is 0 Å². The Hall–Kier alpha value is -3.63. The highest BCUT2D eigenvalue weighted by Gasteiger charge is 2.31. The van der Waals surface area contributed by atoms with E-state index in [1.165, 1.54) is 5.56 Å². The predicted octanol–water partition coefficient (Wildman–Crippen LogP) is 3.04.